The van der Waals surface area contributed by atoms with Gasteiger partial charge in [0.15, 0.2) is 0 Å². The molecule has 1 aliphatic rings. The molecule has 2 aromatic rings. The van der Waals surface area contributed by atoms with Gasteiger partial charge in [0.2, 0.25) is 0 Å². The molecule has 0 aliphatic carbocycles. The molecule has 1 aromatic heterocycles. The van der Waals surface area contributed by atoms with Gasteiger partial charge in [0.1, 0.15) is 23.1 Å². The Morgan fingerprint density at radius 1 is 1.31 bits per heavy atom. The minimum atomic E-state index is -0.880. The zero-order chi connectivity index (χ0) is 18.4. The van der Waals surface area contributed by atoms with Gasteiger partial charge in [0.25, 0.3) is 0 Å². The van der Waals surface area contributed by atoms with Crippen molar-refractivity contribution < 1.29 is 19.4 Å². The second-order valence-corrected chi connectivity index (χ2v) is 7.19. The van der Waals surface area contributed by atoms with Gasteiger partial charge in [-0.15, -0.1) is 11.3 Å². The summed E-state index contributed by atoms with van der Waals surface area (Å²) in [5.41, 5.74) is 1.43. The Hall–Kier alpha value is -2.12. The predicted octanol–water partition coefficient (Wildman–Crippen LogP) is 3.31. The molecule has 0 saturated carbocycles. The predicted molar refractivity (Wildman–Crippen MR) is 101 cm³/mol. The van der Waals surface area contributed by atoms with Gasteiger partial charge in [-0.05, 0) is 38.1 Å². The molecule has 0 unspecified atom stereocenters. The van der Waals surface area contributed by atoms with E-state index in [1.54, 1.807) is 12.5 Å². The van der Waals surface area contributed by atoms with E-state index in [0.29, 0.717) is 12.3 Å². The molecule has 6 nitrogen and oxygen atoms in total. The molecule has 1 aromatic carbocycles. The topological polar surface area (TPSA) is 71.9 Å². The van der Waals surface area contributed by atoms with Crippen molar-refractivity contribution in [2.45, 2.75) is 25.7 Å². The maximum atomic E-state index is 10.9. The lowest BCUT2D eigenvalue weighted by Gasteiger charge is -2.26. The second kappa shape index (κ2) is 9.00. The number of methoxy groups -OCH3 is 1. The molecular formula is C19H24N2O4S. The quantitative estimate of drug-likeness (QED) is 0.762. The monoisotopic (exact) mass is 376 g/mol. The van der Waals surface area contributed by atoms with E-state index >= 15 is 0 Å². The van der Waals surface area contributed by atoms with Crippen molar-refractivity contribution in [1.82, 2.24) is 9.88 Å². The summed E-state index contributed by atoms with van der Waals surface area (Å²) in [7, 11) is 1.63. The number of carboxylic acid groups (broad SMARTS) is 1. The van der Waals surface area contributed by atoms with E-state index in [0.717, 1.165) is 41.7 Å². The Bertz CT molecular complexity index is 741. The normalized spacial score (nSPS) is 15.0. The third-order valence-electron chi connectivity index (χ3n) is 4.42. The fourth-order valence-electron chi connectivity index (χ4n) is 3.06. The lowest BCUT2D eigenvalue weighted by atomic mass is 10.1. The molecular weight excluding hydrogens is 352 g/mol. The van der Waals surface area contributed by atoms with Crippen molar-refractivity contribution in [2.24, 2.45) is 0 Å². The third-order valence-corrected chi connectivity index (χ3v) is 5.34. The Balaban J connectivity index is 1.72. The van der Waals surface area contributed by atoms with E-state index in [4.69, 9.17) is 14.6 Å². The fraction of sp³-hybridized carbons (Fsp3) is 0.474. The number of piperidine rings is 1. The van der Waals surface area contributed by atoms with Crippen LogP contribution in [-0.2, 0) is 11.2 Å². The number of nitrogens with zero attached hydrogens (tertiary/aromatic N) is 2. The molecule has 0 atom stereocenters. The van der Waals surface area contributed by atoms with Crippen LogP contribution in [0.5, 0.6) is 11.5 Å². The summed E-state index contributed by atoms with van der Waals surface area (Å²) < 4.78 is 11.4. The minimum absolute atomic E-state index is 0.0716. The molecule has 7 heteroatoms. The molecule has 3 rings (SSSR count). The van der Waals surface area contributed by atoms with Crippen LogP contribution in [-0.4, -0.2) is 54.3 Å². The largest absolute Gasteiger partial charge is 0.497 e. The fourth-order valence-corrected chi connectivity index (χ4v) is 3.91. The van der Waals surface area contributed by atoms with Crippen LogP contribution in [0.1, 0.15) is 25.0 Å². The maximum Gasteiger partial charge on any atom is 0.309 e. The van der Waals surface area contributed by atoms with E-state index in [1.807, 2.05) is 18.2 Å². The van der Waals surface area contributed by atoms with Gasteiger partial charge in [-0.1, -0.05) is 6.42 Å². The first-order chi connectivity index (χ1) is 12.7. The number of aliphatic carboxylic acids is 1. The first kappa shape index (κ1) is 18.7. The van der Waals surface area contributed by atoms with Gasteiger partial charge in [-0.25, -0.2) is 4.98 Å². The number of benzene rings is 1. The van der Waals surface area contributed by atoms with Gasteiger partial charge in [0, 0.05) is 18.0 Å². The molecule has 0 bridgehead atoms. The van der Waals surface area contributed by atoms with Crippen molar-refractivity contribution in [3.63, 3.8) is 0 Å². The highest BCUT2D eigenvalue weighted by Crippen LogP contribution is 2.35. The van der Waals surface area contributed by atoms with Crippen molar-refractivity contribution >= 4 is 17.3 Å². The highest BCUT2D eigenvalue weighted by atomic mass is 32.1. The number of aromatic nitrogens is 1. The van der Waals surface area contributed by atoms with E-state index < -0.39 is 5.97 Å². The molecule has 140 valence electrons. The number of carbonyl (C=O) groups is 1. The van der Waals surface area contributed by atoms with Gasteiger partial charge in [0.05, 0.1) is 24.8 Å². The van der Waals surface area contributed by atoms with Crippen LogP contribution in [0, 0.1) is 0 Å². The molecule has 1 saturated heterocycles. The maximum absolute atomic E-state index is 10.9. The SMILES string of the molecule is COc1ccc(-c2nc(CC(=O)O)cs2)c(OCCN2CCCCC2)c1. The van der Waals surface area contributed by atoms with Crippen LogP contribution in [0.3, 0.4) is 0 Å². The summed E-state index contributed by atoms with van der Waals surface area (Å²) in [4.78, 5) is 17.7. The third kappa shape index (κ3) is 4.95. The number of rotatable bonds is 8. The second-order valence-electron chi connectivity index (χ2n) is 6.33. The summed E-state index contributed by atoms with van der Waals surface area (Å²) >= 11 is 1.43. The van der Waals surface area contributed by atoms with E-state index in [2.05, 4.69) is 9.88 Å². The number of hydrogen-bond donors (Lipinski definition) is 1. The smallest absolute Gasteiger partial charge is 0.309 e. The molecule has 2 heterocycles. The lowest BCUT2D eigenvalue weighted by Crippen LogP contribution is -2.33. The first-order valence-corrected chi connectivity index (χ1v) is 9.73. The first-order valence-electron chi connectivity index (χ1n) is 8.85. The van der Waals surface area contributed by atoms with Crippen LogP contribution < -0.4 is 9.47 Å². The zero-order valence-electron chi connectivity index (χ0n) is 14.9. The molecule has 0 spiro atoms. The zero-order valence-corrected chi connectivity index (χ0v) is 15.8. The Morgan fingerprint density at radius 2 is 2.12 bits per heavy atom. The van der Waals surface area contributed by atoms with Crippen molar-refractivity contribution in [1.29, 1.82) is 0 Å². The highest BCUT2D eigenvalue weighted by molar-refractivity contribution is 7.13. The van der Waals surface area contributed by atoms with Gasteiger partial charge in [-0.2, -0.15) is 0 Å². The van der Waals surface area contributed by atoms with Crippen LogP contribution >= 0.6 is 11.3 Å². The number of carboxylic acids is 1. The average molecular weight is 376 g/mol. The molecule has 0 radical (unpaired) electrons. The van der Waals surface area contributed by atoms with Gasteiger partial charge in [-0.3, -0.25) is 9.69 Å². The summed E-state index contributed by atoms with van der Waals surface area (Å²) in [6, 6.07) is 5.65. The summed E-state index contributed by atoms with van der Waals surface area (Å²) in [6.45, 7) is 3.78. The standard InChI is InChI=1S/C19H24N2O4S/c1-24-15-5-6-16(19-20-14(13-26-19)11-18(22)23)17(12-15)25-10-9-21-7-3-2-4-8-21/h5-6,12-13H,2-4,7-11H2,1H3,(H,22,23). The van der Waals surface area contributed by atoms with Crippen molar-refractivity contribution in [3.8, 4) is 22.1 Å². The van der Waals surface area contributed by atoms with E-state index in [9.17, 15) is 4.79 Å². The summed E-state index contributed by atoms with van der Waals surface area (Å²) in [5.74, 6) is 0.566. The van der Waals surface area contributed by atoms with Gasteiger partial charge < -0.3 is 14.6 Å². The highest BCUT2D eigenvalue weighted by Gasteiger charge is 2.15. The molecule has 0 amide bonds. The Morgan fingerprint density at radius 3 is 2.85 bits per heavy atom. The summed E-state index contributed by atoms with van der Waals surface area (Å²) in [5, 5.41) is 11.5. The van der Waals surface area contributed by atoms with Gasteiger partial charge >= 0.3 is 5.97 Å². The van der Waals surface area contributed by atoms with Crippen LogP contribution in [0.25, 0.3) is 10.6 Å². The van der Waals surface area contributed by atoms with Crippen LogP contribution in [0.2, 0.25) is 0 Å². The average Bonchev–Trinajstić information content (AvgIpc) is 3.10. The number of hydrogen-bond acceptors (Lipinski definition) is 6. The number of thiazole rings is 1. The van der Waals surface area contributed by atoms with E-state index in [1.165, 1.54) is 30.6 Å². The van der Waals surface area contributed by atoms with Crippen molar-refractivity contribution in [2.75, 3.05) is 33.4 Å². The minimum Gasteiger partial charge on any atom is -0.497 e. The molecule has 1 N–H and O–H groups in total. The molecule has 1 fully saturated rings. The lowest BCUT2D eigenvalue weighted by molar-refractivity contribution is -0.136. The molecule has 1 aliphatic heterocycles. The Kier molecular flexibility index (Phi) is 6.46. The molecule has 26 heavy (non-hydrogen) atoms. The summed E-state index contributed by atoms with van der Waals surface area (Å²) in [6.07, 6.45) is 3.77. The Labute approximate surface area is 157 Å². The van der Waals surface area contributed by atoms with E-state index in [-0.39, 0.29) is 6.42 Å². The van der Waals surface area contributed by atoms with Crippen LogP contribution in [0.15, 0.2) is 23.6 Å². The number of likely N-dealkylation sites (tertiary alicyclic amines) is 1. The van der Waals surface area contributed by atoms with Crippen LogP contribution in [0.4, 0.5) is 0 Å². The number of ether oxygens (including phenoxy) is 2. The van der Waals surface area contributed by atoms with Crippen molar-refractivity contribution in [3.05, 3.63) is 29.3 Å².